The summed E-state index contributed by atoms with van der Waals surface area (Å²) in [6.45, 7) is 0. The Morgan fingerprint density at radius 2 is 1.90 bits per heavy atom. The number of nitrogen functional groups attached to an aromatic ring is 1. The van der Waals surface area contributed by atoms with Crippen molar-refractivity contribution in [2.45, 2.75) is 0 Å². The fourth-order valence-corrected chi connectivity index (χ4v) is 1.98. The van der Waals surface area contributed by atoms with Crippen molar-refractivity contribution < 1.29 is 14.3 Å². The van der Waals surface area contributed by atoms with E-state index in [-0.39, 0.29) is 5.91 Å². The molecule has 0 unspecified atom stereocenters. The van der Waals surface area contributed by atoms with Gasteiger partial charge in [0, 0.05) is 5.69 Å². The van der Waals surface area contributed by atoms with Crippen molar-refractivity contribution >= 4 is 28.9 Å². The summed E-state index contributed by atoms with van der Waals surface area (Å²) in [6.07, 6.45) is 0. The highest BCUT2D eigenvalue weighted by molar-refractivity contribution is 6.33. The Hall–Kier alpha value is -2.40. The molecule has 0 saturated heterocycles. The molecule has 5 nitrogen and oxygen atoms in total. The van der Waals surface area contributed by atoms with Gasteiger partial charge in [0.2, 0.25) is 0 Å². The second-order valence-electron chi connectivity index (χ2n) is 4.26. The minimum Gasteiger partial charge on any atom is -0.497 e. The topological polar surface area (TPSA) is 73.6 Å². The normalized spacial score (nSPS) is 10.0. The zero-order valence-electron chi connectivity index (χ0n) is 11.6. The third-order valence-corrected chi connectivity index (χ3v) is 3.24. The second kappa shape index (κ2) is 6.37. The van der Waals surface area contributed by atoms with E-state index in [1.807, 2.05) is 0 Å². The maximum atomic E-state index is 12.3. The summed E-state index contributed by atoms with van der Waals surface area (Å²) < 4.78 is 10.3. The number of halogens is 1. The molecule has 2 aromatic carbocycles. The lowest BCUT2D eigenvalue weighted by molar-refractivity contribution is 0.102. The Bertz CT molecular complexity index is 674. The molecular formula is C15H15ClN2O3. The monoisotopic (exact) mass is 306 g/mol. The number of carbonyl (C=O) groups is 1. The predicted octanol–water partition coefficient (Wildman–Crippen LogP) is 3.19. The molecule has 0 aliphatic carbocycles. The number of nitrogens with one attached hydrogen (secondary N) is 1. The van der Waals surface area contributed by atoms with E-state index in [1.54, 1.807) is 36.4 Å². The molecule has 0 spiro atoms. The number of hydrogen-bond donors (Lipinski definition) is 2. The molecule has 0 radical (unpaired) electrons. The van der Waals surface area contributed by atoms with Crippen LogP contribution in [0.15, 0.2) is 36.4 Å². The minimum absolute atomic E-state index is 0.327. The van der Waals surface area contributed by atoms with E-state index in [0.29, 0.717) is 33.5 Å². The molecule has 21 heavy (non-hydrogen) atoms. The number of anilines is 2. The number of benzene rings is 2. The molecule has 3 N–H and O–H groups in total. The Morgan fingerprint density at radius 1 is 1.14 bits per heavy atom. The van der Waals surface area contributed by atoms with Crippen LogP contribution >= 0.6 is 11.6 Å². The van der Waals surface area contributed by atoms with Crippen LogP contribution in [-0.2, 0) is 0 Å². The number of amides is 1. The van der Waals surface area contributed by atoms with Crippen molar-refractivity contribution in [3.8, 4) is 11.5 Å². The summed E-state index contributed by atoms with van der Waals surface area (Å²) in [5.41, 5.74) is 7.00. The summed E-state index contributed by atoms with van der Waals surface area (Å²) >= 11 is 5.93. The van der Waals surface area contributed by atoms with Crippen molar-refractivity contribution in [1.29, 1.82) is 0 Å². The smallest absolute Gasteiger partial charge is 0.259 e. The largest absolute Gasteiger partial charge is 0.497 e. The van der Waals surface area contributed by atoms with Crippen molar-refractivity contribution in [2.75, 3.05) is 25.3 Å². The number of rotatable bonds is 4. The van der Waals surface area contributed by atoms with E-state index in [2.05, 4.69) is 5.32 Å². The number of methoxy groups -OCH3 is 2. The lowest BCUT2D eigenvalue weighted by Crippen LogP contribution is -2.13. The second-order valence-corrected chi connectivity index (χ2v) is 4.66. The molecule has 0 atom stereocenters. The summed E-state index contributed by atoms with van der Waals surface area (Å²) in [7, 11) is 3.03. The van der Waals surface area contributed by atoms with E-state index in [1.165, 1.54) is 14.2 Å². The first-order valence-electron chi connectivity index (χ1n) is 6.13. The van der Waals surface area contributed by atoms with Crippen molar-refractivity contribution in [3.63, 3.8) is 0 Å². The van der Waals surface area contributed by atoms with E-state index in [0.717, 1.165) is 0 Å². The van der Waals surface area contributed by atoms with Gasteiger partial charge in [-0.15, -0.1) is 0 Å². The van der Waals surface area contributed by atoms with Gasteiger partial charge in [0.15, 0.2) is 0 Å². The van der Waals surface area contributed by atoms with Gasteiger partial charge in [-0.2, -0.15) is 0 Å². The van der Waals surface area contributed by atoms with Crippen LogP contribution in [0.4, 0.5) is 11.4 Å². The van der Waals surface area contributed by atoms with Gasteiger partial charge in [-0.05, 0) is 36.4 Å². The van der Waals surface area contributed by atoms with E-state index in [9.17, 15) is 4.79 Å². The summed E-state index contributed by atoms with van der Waals surface area (Å²) in [5, 5.41) is 3.12. The number of nitrogens with two attached hydrogens (primary N) is 1. The molecule has 6 heteroatoms. The van der Waals surface area contributed by atoms with Crippen LogP contribution in [0.25, 0.3) is 0 Å². The van der Waals surface area contributed by atoms with E-state index in [4.69, 9.17) is 26.8 Å². The van der Waals surface area contributed by atoms with Crippen molar-refractivity contribution in [3.05, 3.63) is 47.0 Å². The quantitative estimate of drug-likeness (QED) is 0.851. The van der Waals surface area contributed by atoms with Gasteiger partial charge < -0.3 is 20.5 Å². The number of hydrogen-bond acceptors (Lipinski definition) is 4. The van der Waals surface area contributed by atoms with Gasteiger partial charge in [-0.3, -0.25) is 4.79 Å². The maximum absolute atomic E-state index is 12.3. The third-order valence-electron chi connectivity index (χ3n) is 2.91. The first-order chi connectivity index (χ1) is 10.0. The average molecular weight is 307 g/mol. The molecule has 2 aromatic rings. The van der Waals surface area contributed by atoms with Gasteiger partial charge in [0.05, 0.1) is 30.5 Å². The van der Waals surface area contributed by atoms with Gasteiger partial charge in [0.1, 0.15) is 11.5 Å². The standard InChI is InChI=1S/C15H15ClN2O3/c1-20-10-4-6-14(21-2)11(8-10)15(19)18-9-3-5-13(17)12(16)7-9/h3-8H,17H2,1-2H3,(H,18,19). The Morgan fingerprint density at radius 3 is 2.52 bits per heavy atom. The van der Waals surface area contributed by atoms with Gasteiger partial charge in [0.25, 0.3) is 5.91 Å². The van der Waals surface area contributed by atoms with E-state index < -0.39 is 0 Å². The highest BCUT2D eigenvalue weighted by Crippen LogP contribution is 2.26. The molecule has 0 bridgehead atoms. The first-order valence-corrected chi connectivity index (χ1v) is 6.51. The fourth-order valence-electron chi connectivity index (χ4n) is 1.79. The SMILES string of the molecule is COc1ccc(OC)c(C(=O)Nc2ccc(N)c(Cl)c2)c1. The lowest BCUT2D eigenvalue weighted by Gasteiger charge is -2.11. The van der Waals surface area contributed by atoms with E-state index >= 15 is 0 Å². The number of carbonyl (C=O) groups excluding carboxylic acids is 1. The molecule has 110 valence electrons. The van der Waals surface area contributed by atoms with Crippen LogP contribution < -0.4 is 20.5 Å². The molecule has 1 amide bonds. The van der Waals surface area contributed by atoms with Crippen LogP contribution in [0.2, 0.25) is 5.02 Å². The number of ether oxygens (including phenoxy) is 2. The minimum atomic E-state index is -0.327. The van der Waals surface area contributed by atoms with Crippen LogP contribution in [0, 0.1) is 0 Å². The Labute approximate surface area is 127 Å². The summed E-state index contributed by atoms with van der Waals surface area (Å²) in [4.78, 5) is 12.3. The molecular weight excluding hydrogens is 292 g/mol. The maximum Gasteiger partial charge on any atom is 0.259 e. The highest BCUT2D eigenvalue weighted by atomic mass is 35.5. The molecule has 2 rings (SSSR count). The van der Waals surface area contributed by atoms with Crippen LogP contribution in [-0.4, -0.2) is 20.1 Å². The summed E-state index contributed by atoms with van der Waals surface area (Å²) in [5.74, 6) is 0.692. The molecule has 0 aliphatic rings. The molecule has 0 aromatic heterocycles. The summed E-state index contributed by atoms with van der Waals surface area (Å²) in [6, 6.07) is 9.88. The van der Waals surface area contributed by atoms with Crippen molar-refractivity contribution in [1.82, 2.24) is 0 Å². The molecule has 0 heterocycles. The lowest BCUT2D eigenvalue weighted by atomic mass is 10.1. The molecule has 0 saturated carbocycles. The zero-order valence-corrected chi connectivity index (χ0v) is 12.4. The zero-order chi connectivity index (χ0) is 15.4. The Kier molecular flexibility index (Phi) is 4.55. The van der Waals surface area contributed by atoms with Crippen molar-refractivity contribution in [2.24, 2.45) is 0 Å². The van der Waals surface area contributed by atoms with Gasteiger partial charge >= 0.3 is 0 Å². The van der Waals surface area contributed by atoms with Gasteiger partial charge in [-0.25, -0.2) is 0 Å². The van der Waals surface area contributed by atoms with Crippen LogP contribution in [0.5, 0.6) is 11.5 Å². The van der Waals surface area contributed by atoms with Crippen LogP contribution in [0.1, 0.15) is 10.4 Å². The molecule has 0 fully saturated rings. The molecule has 0 aliphatic heterocycles. The first kappa shape index (κ1) is 15.0. The third kappa shape index (κ3) is 3.38. The fraction of sp³-hybridized carbons (Fsp3) is 0.133. The Balaban J connectivity index is 2.28. The van der Waals surface area contributed by atoms with Crippen LogP contribution in [0.3, 0.4) is 0 Å². The predicted molar refractivity (Wildman–Crippen MR) is 83.4 cm³/mol. The van der Waals surface area contributed by atoms with Gasteiger partial charge in [-0.1, -0.05) is 11.6 Å². The average Bonchev–Trinajstić information content (AvgIpc) is 2.50. The highest BCUT2D eigenvalue weighted by Gasteiger charge is 2.14.